The van der Waals surface area contributed by atoms with Gasteiger partial charge in [0.05, 0.1) is 17.4 Å². The van der Waals surface area contributed by atoms with E-state index >= 15 is 0 Å². The average molecular weight is 418 g/mol. The number of anilines is 1. The maximum atomic E-state index is 13.7. The van der Waals surface area contributed by atoms with E-state index in [0.29, 0.717) is 27.6 Å². The highest BCUT2D eigenvalue weighted by Gasteiger charge is 2.32. The number of fused-ring (bicyclic) bond motifs is 1. The van der Waals surface area contributed by atoms with E-state index in [-0.39, 0.29) is 5.82 Å². The minimum atomic E-state index is -1.06. The van der Waals surface area contributed by atoms with Crippen LogP contribution in [-0.2, 0) is 0 Å². The Balaban J connectivity index is 1.57. The van der Waals surface area contributed by atoms with Gasteiger partial charge < -0.3 is 14.8 Å². The fourth-order valence-corrected chi connectivity index (χ4v) is 3.16. The summed E-state index contributed by atoms with van der Waals surface area (Å²) >= 11 is 6.35. The first-order valence-corrected chi connectivity index (χ1v) is 8.90. The van der Waals surface area contributed by atoms with Gasteiger partial charge in [-0.15, -0.1) is 0 Å². The average Bonchev–Trinajstić information content (AvgIpc) is 2.94. The second-order valence-corrected chi connectivity index (χ2v) is 7.15. The van der Waals surface area contributed by atoms with Gasteiger partial charge in [0, 0.05) is 37.2 Å². The predicted molar refractivity (Wildman–Crippen MR) is 102 cm³/mol. The Hall–Kier alpha value is -3.26. The quantitative estimate of drug-likeness (QED) is 0.660. The van der Waals surface area contributed by atoms with Gasteiger partial charge >= 0.3 is 0 Å². The zero-order valence-electron chi connectivity index (χ0n) is 15.3. The van der Waals surface area contributed by atoms with Crippen LogP contribution in [-0.4, -0.2) is 21.7 Å². The molecule has 29 heavy (non-hydrogen) atoms. The first kappa shape index (κ1) is 19.1. The van der Waals surface area contributed by atoms with Crippen LogP contribution in [0.2, 0.25) is 5.02 Å². The van der Waals surface area contributed by atoms with Gasteiger partial charge in [-0.1, -0.05) is 11.6 Å². The molecule has 0 fully saturated rings. The Labute approximate surface area is 169 Å². The third-order valence-electron chi connectivity index (χ3n) is 4.14. The van der Waals surface area contributed by atoms with E-state index in [1.165, 1.54) is 12.3 Å². The Kier molecular flexibility index (Phi) is 4.58. The summed E-state index contributed by atoms with van der Waals surface area (Å²) in [5.41, 5.74) is 0.584. The van der Waals surface area contributed by atoms with Crippen LogP contribution in [0.3, 0.4) is 0 Å². The number of ether oxygens (including phenoxy) is 2. The van der Waals surface area contributed by atoms with Crippen LogP contribution in [0, 0.1) is 11.6 Å². The highest BCUT2D eigenvalue weighted by molar-refractivity contribution is 6.33. The molecule has 9 heteroatoms. The standard InChI is InChI=1S/C20H14ClF2N3O3/c1-20(2)28-15-5-11(12(21)6-16(15)29-20)10-3-4-17(25-7-10)26-19(27)18-13(22)8-24-9-14(18)23/h3-9H,1-2H3,(H,25,26,27). The van der Waals surface area contributed by atoms with Crippen molar-refractivity contribution in [3.8, 4) is 22.6 Å². The molecule has 1 amide bonds. The minimum Gasteiger partial charge on any atom is -0.449 e. The molecule has 0 spiro atoms. The van der Waals surface area contributed by atoms with Crippen molar-refractivity contribution in [3.05, 3.63) is 65.1 Å². The number of aromatic nitrogens is 2. The number of rotatable bonds is 3. The molecule has 1 N–H and O–H groups in total. The molecule has 0 atom stereocenters. The van der Waals surface area contributed by atoms with Crippen molar-refractivity contribution in [2.45, 2.75) is 19.6 Å². The summed E-state index contributed by atoms with van der Waals surface area (Å²) < 4.78 is 38.7. The first-order valence-electron chi connectivity index (χ1n) is 8.52. The fraction of sp³-hybridized carbons (Fsp3) is 0.150. The van der Waals surface area contributed by atoms with Crippen molar-refractivity contribution >= 4 is 23.3 Å². The maximum Gasteiger partial charge on any atom is 0.262 e. The molecule has 0 radical (unpaired) electrons. The highest BCUT2D eigenvalue weighted by Crippen LogP contribution is 2.44. The van der Waals surface area contributed by atoms with Crippen LogP contribution in [0.1, 0.15) is 24.2 Å². The first-order chi connectivity index (χ1) is 13.7. The van der Waals surface area contributed by atoms with Gasteiger partial charge in [0.1, 0.15) is 11.4 Å². The number of benzene rings is 1. The fourth-order valence-electron chi connectivity index (χ4n) is 2.90. The van der Waals surface area contributed by atoms with E-state index in [0.717, 1.165) is 12.4 Å². The third kappa shape index (κ3) is 3.71. The molecule has 0 aliphatic carbocycles. The van der Waals surface area contributed by atoms with Gasteiger partial charge in [-0.3, -0.25) is 9.78 Å². The van der Waals surface area contributed by atoms with Crippen molar-refractivity contribution in [2.24, 2.45) is 0 Å². The van der Waals surface area contributed by atoms with Crippen molar-refractivity contribution < 1.29 is 23.0 Å². The number of pyridine rings is 2. The molecule has 6 nitrogen and oxygen atoms in total. The van der Waals surface area contributed by atoms with Crippen LogP contribution < -0.4 is 14.8 Å². The van der Waals surface area contributed by atoms with E-state index in [9.17, 15) is 13.6 Å². The molecule has 148 valence electrons. The smallest absolute Gasteiger partial charge is 0.262 e. The molecule has 0 saturated carbocycles. The molecule has 0 bridgehead atoms. The lowest BCUT2D eigenvalue weighted by molar-refractivity contribution is -0.0431. The Morgan fingerprint density at radius 2 is 1.72 bits per heavy atom. The van der Waals surface area contributed by atoms with Crippen molar-refractivity contribution in [1.29, 1.82) is 0 Å². The number of hydrogen-bond donors (Lipinski definition) is 1. The van der Waals surface area contributed by atoms with Gasteiger partial charge in [0.25, 0.3) is 5.91 Å². The molecule has 0 unspecified atom stereocenters. The summed E-state index contributed by atoms with van der Waals surface area (Å²) in [6.45, 7) is 3.57. The summed E-state index contributed by atoms with van der Waals surface area (Å²) in [6, 6.07) is 6.56. The zero-order chi connectivity index (χ0) is 20.8. The monoisotopic (exact) mass is 417 g/mol. The molecule has 4 rings (SSSR count). The summed E-state index contributed by atoms with van der Waals surface area (Å²) in [7, 11) is 0. The summed E-state index contributed by atoms with van der Waals surface area (Å²) in [4.78, 5) is 19.6. The molecule has 3 heterocycles. The minimum absolute atomic E-state index is 0.118. The lowest BCUT2D eigenvalue weighted by atomic mass is 10.1. The number of nitrogens with zero attached hydrogens (tertiary/aromatic N) is 2. The van der Waals surface area contributed by atoms with Crippen LogP contribution in [0.25, 0.3) is 11.1 Å². The zero-order valence-corrected chi connectivity index (χ0v) is 16.1. The lowest BCUT2D eigenvalue weighted by Crippen LogP contribution is -2.29. The number of halogens is 3. The number of carbonyl (C=O) groups is 1. The molecule has 3 aromatic rings. The van der Waals surface area contributed by atoms with Crippen LogP contribution in [0.5, 0.6) is 11.5 Å². The van der Waals surface area contributed by atoms with E-state index in [2.05, 4.69) is 15.3 Å². The van der Waals surface area contributed by atoms with Gasteiger partial charge in [0.15, 0.2) is 23.1 Å². The maximum absolute atomic E-state index is 13.7. The van der Waals surface area contributed by atoms with Gasteiger partial charge in [0.2, 0.25) is 5.79 Å². The van der Waals surface area contributed by atoms with Crippen LogP contribution >= 0.6 is 11.6 Å². The van der Waals surface area contributed by atoms with E-state index < -0.39 is 28.9 Å². The topological polar surface area (TPSA) is 73.3 Å². The normalized spacial score (nSPS) is 14.0. The number of nitrogens with one attached hydrogen (secondary N) is 1. The SMILES string of the molecule is CC1(C)Oc2cc(Cl)c(-c3ccc(NC(=O)c4c(F)cncc4F)nc3)cc2O1. The second kappa shape index (κ2) is 6.97. The summed E-state index contributed by atoms with van der Waals surface area (Å²) in [5, 5.41) is 2.78. The Morgan fingerprint density at radius 1 is 1.07 bits per heavy atom. The predicted octanol–water partition coefficient (Wildman–Crippen LogP) is 4.83. The largest absolute Gasteiger partial charge is 0.449 e. The van der Waals surface area contributed by atoms with E-state index in [1.54, 1.807) is 32.0 Å². The van der Waals surface area contributed by atoms with Crippen molar-refractivity contribution in [3.63, 3.8) is 0 Å². The number of carbonyl (C=O) groups excluding carboxylic acids is 1. The van der Waals surface area contributed by atoms with Crippen molar-refractivity contribution in [2.75, 3.05) is 5.32 Å². The van der Waals surface area contributed by atoms with Gasteiger partial charge in [-0.2, -0.15) is 0 Å². The molecule has 1 aliphatic rings. The summed E-state index contributed by atoms with van der Waals surface area (Å²) in [5.74, 6) is -2.66. The summed E-state index contributed by atoms with van der Waals surface area (Å²) in [6.07, 6.45) is 3.00. The molecule has 0 saturated heterocycles. The highest BCUT2D eigenvalue weighted by atomic mass is 35.5. The van der Waals surface area contributed by atoms with E-state index in [1.807, 2.05) is 0 Å². The van der Waals surface area contributed by atoms with Crippen molar-refractivity contribution in [1.82, 2.24) is 9.97 Å². The van der Waals surface area contributed by atoms with E-state index in [4.69, 9.17) is 21.1 Å². The Bertz CT molecular complexity index is 1100. The number of amides is 1. The molecule has 1 aromatic carbocycles. The number of hydrogen-bond acceptors (Lipinski definition) is 5. The van der Waals surface area contributed by atoms with Gasteiger partial charge in [-0.05, 0) is 18.2 Å². The van der Waals surface area contributed by atoms with Crippen LogP contribution in [0.15, 0.2) is 42.9 Å². The molecular weight excluding hydrogens is 404 g/mol. The molecule has 2 aromatic heterocycles. The molecular formula is C20H14ClF2N3O3. The molecule has 1 aliphatic heterocycles. The van der Waals surface area contributed by atoms with Gasteiger partial charge in [-0.25, -0.2) is 13.8 Å². The lowest BCUT2D eigenvalue weighted by Gasteiger charge is -2.16. The Morgan fingerprint density at radius 3 is 2.34 bits per heavy atom. The third-order valence-corrected chi connectivity index (χ3v) is 4.45. The van der Waals surface area contributed by atoms with Crippen LogP contribution in [0.4, 0.5) is 14.6 Å². The second-order valence-electron chi connectivity index (χ2n) is 6.75.